The lowest BCUT2D eigenvalue weighted by Crippen LogP contribution is -2.02. The van der Waals surface area contributed by atoms with Crippen LogP contribution >= 0.6 is 11.6 Å². The molecule has 4 nitrogen and oxygen atoms in total. The Morgan fingerprint density at radius 3 is 3.00 bits per heavy atom. The Morgan fingerprint density at radius 1 is 1.56 bits per heavy atom. The zero-order valence-corrected chi connectivity index (χ0v) is 9.78. The molecule has 5 heteroatoms. The summed E-state index contributed by atoms with van der Waals surface area (Å²) in [5.41, 5.74) is 1.98. The van der Waals surface area contributed by atoms with Gasteiger partial charge in [0.25, 0.3) is 0 Å². The molecule has 0 amide bonds. The maximum absolute atomic E-state index is 11.5. The molecule has 0 spiro atoms. The van der Waals surface area contributed by atoms with Gasteiger partial charge in [-0.05, 0) is 19.9 Å². The predicted molar refractivity (Wildman–Crippen MR) is 60.9 cm³/mol. The molecular weight excluding hydrogens is 228 g/mol. The van der Waals surface area contributed by atoms with E-state index < -0.39 is 0 Å². The van der Waals surface area contributed by atoms with Crippen molar-refractivity contribution in [2.24, 2.45) is 0 Å². The van der Waals surface area contributed by atoms with Crippen molar-refractivity contribution in [3.8, 4) is 0 Å². The van der Waals surface area contributed by atoms with Crippen LogP contribution in [0, 0.1) is 6.92 Å². The van der Waals surface area contributed by atoms with Gasteiger partial charge in [0.2, 0.25) is 0 Å². The number of aromatic nitrogens is 2. The van der Waals surface area contributed by atoms with Crippen LogP contribution in [-0.2, 0) is 4.74 Å². The Labute approximate surface area is 97.8 Å². The van der Waals surface area contributed by atoms with Gasteiger partial charge in [-0.1, -0.05) is 11.6 Å². The topological polar surface area (TPSA) is 43.6 Å². The molecule has 0 bridgehead atoms. The van der Waals surface area contributed by atoms with Crippen molar-refractivity contribution in [2.75, 3.05) is 6.61 Å². The standard InChI is InChI=1S/C11H11ClN2O2/c1-3-16-11(15)8-4-9-10(12)13-7(2)5-14(9)6-8/h4-6H,3H2,1-2H3. The fourth-order valence-electron chi connectivity index (χ4n) is 1.52. The van der Waals surface area contributed by atoms with Gasteiger partial charge in [0.05, 0.1) is 23.4 Å². The number of rotatable bonds is 2. The number of nitrogens with zero attached hydrogens (tertiary/aromatic N) is 2. The van der Waals surface area contributed by atoms with Crippen molar-refractivity contribution in [3.05, 3.63) is 34.9 Å². The van der Waals surface area contributed by atoms with Crippen LogP contribution in [-0.4, -0.2) is 22.0 Å². The van der Waals surface area contributed by atoms with E-state index in [4.69, 9.17) is 16.3 Å². The summed E-state index contributed by atoms with van der Waals surface area (Å²) in [6.45, 7) is 3.97. The second-order valence-electron chi connectivity index (χ2n) is 3.41. The highest BCUT2D eigenvalue weighted by Gasteiger charge is 2.11. The van der Waals surface area contributed by atoms with E-state index >= 15 is 0 Å². The fourth-order valence-corrected chi connectivity index (χ4v) is 1.81. The molecular formula is C11H11ClN2O2. The van der Waals surface area contributed by atoms with Crippen molar-refractivity contribution in [1.82, 2.24) is 9.38 Å². The van der Waals surface area contributed by atoms with Crippen LogP contribution in [0.4, 0.5) is 0 Å². The molecule has 0 aliphatic heterocycles. The number of fused-ring (bicyclic) bond motifs is 1. The van der Waals surface area contributed by atoms with E-state index in [-0.39, 0.29) is 5.97 Å². The Hall–Kier alpha value is -1.55. The van der Waals surface area contributed by atoms with Gasteiger partial charge in [0.1, 0.15) is 0 Å². The summed E-state index contributed by atoms with van der Waals surface area (Å²) in [4.78, 5) is 15.6. The predicted octanol–water partition coefficient (Wildman–Crippen LogP) is 2.47. The first-order valence-corrected chi connectivity index (χ1v) is 5.31. The van der Waals surface area contributed by atoms with E-state index in [2.05, 4.69) is 4.98 Å². The SMILES string of the molecule is CCOC(=O)c1cc2c(Cl)nc(C)cn2c1. The molecule has 2 aromatic rings. The van der Waals surface area contributed by atoms with Gasteiger partial charge in [0, 0.05) is 12.4 Å². The Bertz CT molecular complexity index is 548. The van der Waals surface area contributed by atoms with E-state index in [9.17, 15) is 4.79 Å². The van der Waals surface area contributed by atoms with Gasteiger partial charge < -0.3 is 9.14 Å². The molecule has 84 valence electrons. The molecule has 2 heterocycles. The summed E-state index contributed by atoms with van der Waals surface area (Å²) in [6, 6.07) is 1.67. The minimum Gasteiger partial charge on any atom is -0.462 e. The third-order valence-corrected chi connectivity index (χ3v) is 2.45. The lowest BCUT2D eigenvalue weighted by molar-refractivity contribution is 0.0526. The summed E-state index contributed by atoms with van der Waals surface area (Å²) in [5.74, 6) is -0.347. The largest absolute Gasteiger partial charge is 0.462 e. The first-order valence-electron chi connectivity index (χ1n) is 4.93. The number of hydrogen-bond acceptors (Lipinski definition) is 3. The number of ether oxygens (including phenoxy) is 1. The third kappa shape index (κ3) is 1.88. The monoisotopic (exact) mass is 238 g/mol. The van der Waals surface area contributed by atoms with Gasteiger partial charge >= 0.3 is 5.97 Å². The molecule has 0 radical (unpaired) electrons. The Balaban J connectivity index is 2.51. The maximum Gasteiger partial charge on any atom is 0.339 e. The van der Waals surface area contributed by atoms with Crippen LogP contribution in [0.15, 0.2) is 18.5 Å². The molecule has 0 atom stereocenters. The summed E-state index contributed by atoms with van der Waals surface area (Å²) < 4.78 is 6.69. The first kappa shape index (κ1) is 11.0. The lowest BCUT2D eigenvalue weighted by atomic mass is 10.3. The van der Waals surface area contributed by atoms with Crippen molar-refractivity contribution in [2.45, 2.75) is 13.8 Å². The van der Waals surface area contributed by atoms with Crippen LogP contribution < -0.4 is 0 Å². The average Bonchev–Trinajstić information content (AvgIpc) is 2.62. The van der Waals surface area contributed by atoms with Gasteiger partial charge in [-0.2, -0.15) is 0 Å². The lowest BCUT2D eigenvalue weighted by Gasteiger charge is -1.97. The number of carbonyl (C=O) groups is 1. The zero-order valence-electron chi connectivity index (χ0n) is 9.03. The van der Waals surface area contributed by atoms with E-state index in [1.54, 1.807) is 23.6 Å². The smallest absolute Gasteiger partial charge is 0.339 e. The van der Waals surface area contributed by atoms with Crippen molar-refractivity contribution in [3.63, 3.8) is 0 Å². The number of hydrogen-bond donors (Lipinski definition) is 0. The highest BCUT2D eigenvalue weighted by atomic mass is 35.5. The summed E-state index contributed by atoms with van der Waals surface area (Å²) in [6.07, 6.45) is 3.50. The molecule has 2 rings (SSSR count). The van der Waals surface area contributed by atoms with Crippen LogP contribution in [0.2, 0.25) is 5.15 Å². The highest BCUT2D eigenvalue weighted by Crippen LogP contribution is 2.19. The molecule has 0 N–H and O–H groups in total. The molecule has 0 saturated carbocycles. The van der Waals surface area contributed by atoms with E-state index in [1.807, 2.05) is 13.1 Å². The Morgan fingerprint density at radius 2 is 2.31 bits per heavy atom. The minimum absolute atomic E-state index is 0.347. The van der Waals surface area contributed by atoms with Crippen molar-refractivity contribution >= 4 is 23.1 Å². The molecule has 0 aromatic carbocycles. The second kappa shape index (κ2) is 4.14. The summed E-state index contributed by atoms with van der Waals surface area (Å²) in [7, 11) is 0. The zero-order chi connectivity index (χ0) is 11.7. The molecule has 0 aliphatic carbocycles. The van der Waals surface area contributed by atoms with Crippen LogP contribution in [0.1, 0.15) is 23.0 Å². The first-order chi connectivity index (χ1) is 7.61. The number of halogens is 1. The van der Waals surface area contributed by atoms with Crippen LogP contribution in [0.3, 0.4) is 0 Å². The van der Waals surface area contributed by atoms with Gasteiger partial charge in [0.15, 0.2) is 5.15 Å². The molecule has 0 aliphatic rings. The number of esters is 1. The van der Waals surface area contributed by atoms with Crippen molar-refractivity contribution in [1.29, 1.82) is 0 Å². The second-order valence-corrected chi connectivity index (χ2v) is 3.77. The maximum atomic E-state index is 11.5. The Kier molecular flexibility index (Phi) is 2.83. The summed E-state index contributed by atoms with van der Waals surface area (Å²) >= 11 is 5.97. The average molecular weight is 239 g/mol. The summed E-state index contributed by atoms with van der Waals surface area (Å²) in [5, 5.41) is 0.385. The number of aryl methyl sites for hydroxylation is 1. The van der Waals surface area contributed by atoms with Gasteiger partial charge in [-0.15, -0.1) is 0 Å². The van der Waals surface area contributed by atoms with Crippen LogP contribution in [0.25, 0.3) is 5.52 Å². The van der Waals surface area contributed by atoms with Crippen molar-refractivity contribution < 1.29 is 9.53 Å². The van der Waals surface area contributed by atoms with E-state index in [0.717, 1.165) is 5.69 Å². The quantitative estimate of drug-likeness (QED) is 0.755. The molecule has 0 unspecified atom stereocenters. The highest BCUT2D eigenvalue weighted by molar-refractivity contribution is 6.32. The fraction of sp³-hybridized carbons (Fsp3) is 0.273. The molecule has 2 aromatic heterocycles. The molecule has 0 fully saturated rings. The molecule has 0 saturated heterocycles. The van der Waals surface area contributed by atoms with E-state index in [0.29, 0.717) is 22.8 Å². The van der Waals surface area contributed by atoms with Gasteiger partial charge in [-0.25, -0.2) is 9.78 Å². The third-order valence-electron chi connectivity index (χ3n) is 2.17. The molecule has 16 heavy (non-hydrogen) atoms. The number of carbonyl (C=O) groups excluding carboxylic acids is 1. The van der Waals surface area contributed by atoms with Gasteiger partial charge in [-0.3, -0.25) is 0 Å². The normalized spacial score (nSPS) is 10.7. The van der Waals surface area contributed by atoms with E-state index in [1.165, 1.54) is 0 Å². The van der Waals surface area contributed by atoms with Crippen LogP contribution in [0.5, 0.6) is 0 Å². The minimum atomic E-state index is -0.347.